The molecule has 1 heterocycles. The van der Waals surface area contributed by atoms with Crippen LogP contribution in [0.25, 0.3) is 0 Å². The minimum Gasteiger partial charge on any atom is -0.341 e. The maximum atomic E-state index is 12.4. The summed E-state index contributed by atoms with van der Waals surface area (Å²) in [5, 5.41) is 0.199. The van der Waals surface area contributed by atoms with Gasteiger partial charge in [0.25, 0.3) is 0 Å². The Bertz CT molecular complexity index is 444. The largest absolute Gasteiger partial charge is 0.341 e. The summed E-state index contributed by atoms with van der Waals surface area (Å²) in [6.45, 7) is 3.57. The van der Waals surface area contributed by atoms with E-state index in [2.05, 4.69) is 6.92 Å². The SMILES string of the molecule is CCS[C@H]1CCCCN(C(=O)CS(=O)(=O)C2CCCC2)C1. The summed E-state index contributed by atoms with van der Waals surface area (Å²) in [6, 6.07) is 0. The molecule has 1 saturated heterocycles. The number of carbonyl (C=O) groups excluding carboxylic acids is 1. The number of hydrogen-bond acceptors (Lipinski definition) is 4. The molecule has 0 aromatic rings. The number of nitrogens with zero attached hydrogens (tertiary/aromatic N) is 1. The Morgan fingerprint density at radius 3 is 2.48 bits per heavy atom. The average molecular weight is 334 g/mol. The van der Waals surface area contributed by atoms with Crippen molar-refractivity contribution in [2.45, 2.75) is 62.4 Å². The molecule has 6 heteroatoms. The molecule has 1 atom stereocenters. The van der Waals surface area contributed by atoms with E-state index in [9.17, 15) is 13.2 Å². The average Bonchev–Trinajstić information content (AvgIpc) is 2.87. The quantitative estimate of drug-likeness (QED) is 0.775. The van der Waals surface area contributed by atoms with E-state index in [1.807, 2.05) is 11.8 Å². The molecule has 0 bridgehead atoms. The van der Waals surface area contributed by atoms with Gasteiger partial charge in [0.2, 0.25) is 5.91 Å². The van der Waals surface area contributed by atoms with Gasteiger partial charge in [-0.25, -0.2) is 8.42 Å². The van der Waals surface area contributed by atoms with E-state index in [0.717, 1.165) is 63.8 Å². The molecule has 0 radical (unpaired) electrons. The minimum absolute atomic E-state index is 0.175. The summed E-state index contributed by atoms with van der Waals surface area (Å²) in [4.78, 5) is 14.2. The minimum atomic E-state index is -3.25. The molecule has 1 saturated carbocycles. The molecule has 0 N–H and O–H groups in total. The van der Waals surface area contributed by atoms with Crippen molar-refractivity contribution in [1.29, 1.82) is 0 Å². The number of likely N-dealkylation sites (tertiary alicyclic amines) is 1. The summed E-state index contributed by atoms with van der Waals surface area (Å²) in [5.74, 6) is 0.597. The van der Waals surface area contributed by atoms with Crippen LogP contribution in [0.15, 0.2) is 0 Å². The third-order valence-corrected chi connectivity index (χ3v) is 7.84. The molecule has 2 aliphatic rings. The lowest BCUT2D eigenvalue weighted by molar-refractivity contribution is -0.128. The highest BCUT2D eigenvalue weighted by Gasteiger charge is 2.33. The van der Waals surface area contributed by atoms with Crippen LogP contribution in [0.3, 0.4) is 0 Å². The second kappa shape index (κ2) is 7.86. The van der Waals surface area contributed by atoms with Crippen molar-refractivity contribution < 1.29 is 13.2 Å². The highest BCUT2D eigenvalue weighted by atomic mass is 32.2. The molecular formula is C15H27NO3S2. The lowest BCUT2D eigenvalue weighted by Crippen LogP contribution is -2.40. The lowest BCUT2D eigenvalue weighted by Gasteiger charge is -2.24. The Labute approximate surface area is 133 Å². The van der Waals surface area contributed by atoms with Gasteiger partial charge < -0.3 is 4.90 Å². The first-order chi connectivity index (χ1) is 10.0. The van der Waals surface area contributed by atoms with Gasteiger partial charge in [0.15, 0.2) is 9.84 Å². The van der Waals surface area contributed by atoms with E-state index in [1.54, 1.807) is 4.90 Å². The summed E-state index contributed by atoms with van der Waals surface area (Å²) in [5.41, 5.74) is 0. The van der Waals surface area contributed by atoms with Crippen molar-refractivity contribution in [3.63, 3.8) is 0 Å². The van der Waals surface area contributed by atoms with Crippen LogP contribution in [0.5, 0.6) is 0 Å². The first-order valence-electron chi connectivity index (χ1n) is 8.14. The van der Waals surface area contributed by atoms with Crippen LogP contribution in [0, 0.1) is 0 Å². The molecule has 1 aliphatic carbocycles. The van der Waals surface area contributed by atoms with Crippen LogP contribution in [0.1, 0.15) is 51.9 Å². The second-order valence-electron chi connectivity index (χ2n) is 6.13. The predicted molar refractivity (Wildman–Crippen MR) is 88.4 cm³/mol. The van der Waals surface area contributed by atoms with Gasteiger partial charge in [-0.05, 0) is 31.4 Å². The van der Waals surface area contributed by atoms with E-state index in [1.165, 1.54) is 0 Å². The molecular weight excluding hydrogens is 306 g/mol. The van der Waals surface area contributed by atoms with Gasteiger partial charge in [0, 0.05) is 18.3 Å². The summed E-state index contributed by atoms with van der Waals surface area (Å²) >= 11 is 1.89. The van der Waals surface area contributed by atoms with Crippen LogP contribution < -0.4 is 0 Å². The predicted octanol–water partition coefficient (Wildman–Crippen LogP) is 2.48. The van der Waals surface area contributed by atoms with E-state index < -0.39 is 9.84 Å². The maximum Gasteiger partial charge on any atom is 0.237 e. The van der Waals surface area contributed by atoms with Crippen LogP contribution in [0.2, 0.25) is 0 Å². The van der Waals surface area contributed by atoms with Gasteiger partial charge in [-0.3, -0.25) is 4.79 Å². The first-order valence-corrected chi connectivity index (χ1v) is 10.9. The Hall–Kier alpha value is -0.230. The lowest BCUT2D eigenvalue weighted by atomic mass is 10.2. The van der Waals surface area contributed by atoms with E-state index >= 15 is 0 Å². The molecule has 4 nitrogen and oxygen atoms in total. The Morgan fingerprint density at radius 2 is 1.81 bits per heavy atom. The van der Waals surface area contributed by atoms with Crippen molar-refractivity contribution in [1.82, 2.24) is 4.90 Å². The van der Waals surface area contributed by atoms with Gasteiger partial charge in [0.05, 0.1) is 5.25 Å². The number of sulfone groups is 1. The number of hydrogen-bond donors (Lipinski definition) is 0. The van der Waals surface area contributed by atoms with Crippen LogP contribution in [-0.4, -0.2) is 54.3 Å². The van der Waals surface area contributed by atoms with Gasteiger partial charge in [-0.15, -0.1) is 0 Å². The van der Waals surface area contributed by atoms with Crippen molar-refractivity contribution in [2.75, 3.05) is 24.6 Å². The van der Waals surface area contributed by atoms with Crippen LogP contribution in [-0.2, 0) is 14.6 Å². The molecule has 1 amide bonds. The number of rotatable bonds is 5. The highest BCUT2D eigenvalue weighted by molar-refractivity contribution is 7.99. The topological polar surface area (TPSA) is 54.5 Å². The molecule has 0 aromatic heterocycles. The Balaban J connectivity index is 1.94. The summed E-state index contributed by atoms with van der Waals surface area (Å²) in [6.07, 6.45) is 6.71. The molecule has 2 fully saturated rings. The first kappa shape index (κ1) is 17.1. The van der Waals surface area contributed by atoms with E-state index in [0.29, 0.717) is 5.25 Å². The third kappa shape index (κ3) is 4.88. The van der Waals surface area contributed by atoms with Crippen molar-refractivity contribution >= 4 is 27.5 Å². The fourth-order valence-electron chi connectivity index (χ4n) is 3.33. The highest BCUT2D eigenvalue weighted by Crippen LogP contribution is 2.26. The molecule has 1 aliphatic heterocycles. The van der Waals surface area contributed by atoms with Gasteiger partial charge >= 0.3 is 0 Å². The van der Waals surface area contributed by atoms with Crippen molar-refractivity contribution in [2.24, 2.45) is 0 Å². The standard InChI is InChI=1S/C15H27NO3S2/c1-2-20-13-7-5-6-10-16(11-13)15(17)12-21(18,19)14-8-3-4-9-14/h13-14H,2-12H2,1H3/t13-/m0/s1. The molecule has 0 unspecified atom stereocenters. The monoisotopic (exact) mass is 333 g/mol. The molecule has 122 valence electrons. The zero-order chi connectivity index (χ0) is 15.3. The van der Waals surface area contributed by atoms with Crippen LogP contribution in [0.4, 0.5) is 0 Å². The fourth-order valence-corrected chi connectivity index (χ4v) is 6.23. The van der Waals surface area contributed by atoms with Gasteiger partial charge in [0.1, 0.15) is 5.75 Å². The zero-order valence-electron chi connectivity index (χ0n) is 12.9. The summed E-state index contributed by atoms with van der Waals surface area (Å²) < 4.78 is 24.7. The number of amides is 1. The normalized spacial score (nSPS) is 25.0. The van der Waals surface area contributed by atoms with E-state index in [4.69, 9.17) is 0 Å². The zero-order valence-corrected chi connectivity index (χ0v) is 14.6. The van der Waals surface area contributed by atoms with Crippen LogP contribution >= 0.6 is 11.8 Å². The van der Waals surface area contributed by atoms with Crippen molar-refractivity contribution in [3.05, 3.63) is 0 Å². The fraction of sp³-hybridized carbons (Fsp3) is 0.933. The molecule has 2 rings (SSSR count). The summed E-state index contributed by atoms with van der Waals surface area (Å²) in [7, 11) is -3.25. The number of thioether (sulfide) groups is 1. The molecule has 0 spiro atoms. The van der Waals surface area contributed by atoms with Gasteiger partial charge in [-0.2, -0.15) is 11.8 Å². The smallest absolute Gasteiger partial charge is 0.237 e. The second-order valence-corrected chi connectivity index (χ2v) is 9.98. The number of carbonyl (C=O) groups is 1. The molecule has 21 heavy (non-hydrogen) atoms. The maximum absolute atomic E-state index is 12.4. The Morgan fingerprint density at radius 1 is 1.14 bits per heavy atom. The molecule has 0 aromatic carbocycles. The van der Waals surface area contributed by atoms with Crippen molar-refractivity contribution in [3.8, 4) is 0 Å². The van der Waals surface area contributed by atoms with E-state index in [-0.39, 0.29) is 16.9 Å². The van der Waals surface area contributed by atoms with Gasteiger partial charge in [-0.1, -0.05) is 26.2 Å². The third-order valence-electron chi connectivity index (χ3n) is 4.52. The Kier molecular flexibility index (Phi) is 6.41.